The molecule has 1 saturated carbocycles. The molecule has 0 bridgehead atoms. The van der Waals surface area contributed by atoms with Gasteiger partial charge in [-0.2, -0.15) is 0 Å². The SMILES string of the molecule is NC1(CNC(=O)c2ccccc2F)CCC1. The van der Waals surface area contributed by atoms with Crippen LogP contribution < -0.4 is 11.1 Å². The van der Waals surface area contributed by atoms with Crippen molar-refractivity contribution in [1.29, 1.82) is 0 Å². The van der Waals surface area contributed by atoms with Crippen molar-refractivity contribution in [3.05, 3.63) is 35.6 Å². The molecule has 0 heterocycles. The Balaban J connectivity index is 1.96. The van der Waals surface area contributed by atoms with Crippen LogP contribution in [0.3, 0.4) is 0 Å². The first-order chi connectivity index (χ1) is 7.61. The molecule has 1 aliphatic rings. The highest BCUT2D eigenvalue weighted by atomic mass is 19.1. The summed E-state index contributed by atoms with van der Waals surface area (Å²) >= 11 is 0. The lowest BCUT2D eigenvalue weighted by Crippen LogP contribution is -2.55. The normalized spacial score (nSPS) is 17.6. The molecule has 1 aliphatic carbocycles. The standard InChI is InChI=1S/C12H15FN2O/c13-10-5-2-1-4-9(10)11(16)15-8-12(14)6-3-7-12/h1-2,4-5H,3,6-8,14H2,(H,15,16). The molecule has 0 saturated heterocycles. The number of amides is 1. The molecular weight excluding hydrogens is 207 g/mol. The number of carbonyl (C=O) groups is 1. The van der Waals surface area contributed by atoms with Crippen molar-refractivity contribution >= 4 is 5.91 Å². The van der Waals surface area contributed by atoms with E-state index in [1.165, 1.54) is 12.1 Å². The Labute approximate surface area is 93.8 Å². The first kappa shape index (κ1) is 11.1. The van der Waals surface area contributed by atoms with Gasteiger partial charge in [0.15, 0.2) is 0 Å². The van der Waals surface area contributed by atoms with Gasteiger partial charge in [-0.1, -0.05) is 12.1 Å². The van der Waals surface area contributed by atoms with Crippen LogP contribution in [0.4, 0.5) is 4.39 Å². The summed E-state index contributed by atoms with van der Waals surface area (Å²) in [4.78, 5) is 11.6. The average molecular weight is 222 g/mol. The predicted octanol–water partition coefficient (Wildman–Crippen LogP) is 1.44. The summed E-state index contributed by atoms with van der Waals surface area (Å²) in [5, 5.41) is 2.68. The third kappa shape index (κ3) is 2.22. The number of rotatable bonds is 3. The van der Waals surface area contributed by atoms with Gasteiger partial charge in [0.25, 0.3) is 5.91 Å². The van der Waals surface area contributed by atoms with Gasteiger partial charge in [0, 0.05) is 12.1 Å². The van der Waals surface area contributed by atoms with E-state index in [2.05, 4.69) is 5.32 Å². The molecule has 0 atom stereocenters. The maximum absolute atomic E-state index is 13.3. The fraction of sp³-hybridized carbons (Fsp3) is 0.417. The summed E-state index contributed by atoms with van der Waals surface area (Å²) in [6, 6.07) is 5.94. The number of nitrogens with two attached hydrogens (primary N) is 1. The lowest BCUT2D eigenvalue weighted by molar-refractivity contribution is 0.0925. The molecule has 1 amide bonds. The topological polar surface area (TPSA) is 55.1 Å². The fourth-order valence-corrected chi connectivity index (χ4v) is 1.80. The molecule has 0 unspecified atom stereocenters. The van der Waals surface area contributed by atoms with Gasteiger partial charge < -0.3 is 11.1 Å². The molecule has 3 N–H and O–H groups in total. The Morgan fingerprint density at radius 1 is 1.44 bits per heavy atom. The van der Waals surface area contributed by atoms with Gasteiger partial charge in [0.1, 0.15) is 5.82 Å². The van der Waals surface area contributed by atoms with E-state index < -0.39 is 11.7 Å². The van der Waals surface area contributed by atoms with Crippen molar-refractivity contribution < 1.29 is 9.18 Å². The smallest absolute Gasteiger partial charge is 0.254 e. The number of hydrogen-bond acceptors (Lipinski definition) is 2. The van der Waals surface area contributed by atoms with Crippen LogP contribution in [0.5, 0.6) is 0 Å². The molecule has 3 nitrogen and oxygen atoms in total. The second-order valence-electron chi connectivity index (χ2n) is 4.38. The summed E-state index contributed by atoms with van der Waals surface area (Å²) in [6.07, 6.45) is 2.95. The number of benzene rings is 1. The zero-order valence-corrected chi connectivity index (χ0v) is 9.00. The van der Waals surface area contributed by atoms with Gasteiger partial charge in [-0.25, -0.2) is 4.39 Å². The van der Waals surface area contributed by atoms with E-state index in [0.717, 1.165) is 19.3 Å². The summed E-state index contributed by atoms with van der Waals surface area (Å²) in [6.45, 7) is 0.417. The van der Waals surface area contributed by atoms with Gasteiger partial charge in [0.2, 0.25) is 0 Å². The van der Waals surface area contributed by atoms with Crippen molar-refractivity contribution in [2.75, 3.05) is 6.54 Å². The van der Waals surface area contributed by atoms with Crippen molar-refractivity contribution in [2.45, 2.75) is 24.8 Å². The summed E-state index contributed by atoms with van der Waals surface area (Å²) in [5.41, 5.74) is 5.76. The van der Waals surface area contributed by atoms with Crippen LogP contribution >= 0.6 is 0 Å². The lowest BCUT2D eigenvalue weighted by Gasteiger charge is -2.38. The molecule has 1 aromatic carbocycles. The first-order valence-corrected chi connectivity index (χ1v) is 5.42. The third-order valence-corrected chi connectivity index (χ3v) is 3.07. The monoisotopic (exact) mass is 222 g/mol. The Hall–Kier alpha value is -1.42. The number of nitrogens with one attached hydrogen (secondary N) is 1. The second kappa shape index (κ2) is 4.22. The average Bonchev–Trinajstić information content (AvgIpc) is 2.24. The molecule has 2 rings (SSSR count). The highest BCUT2D eigenvalue weighted by Crippen LogP contribution is 2.28. The Kier molecular flexibility index (Phi) is 2.92. The highest BCUT2D eigenvalue weighted by Gasteiger charge is 2.32. The molecular formula is C12H15FN2O. The van der Waals surface area contributed by atoms with Crippen LogP contribution in [0.25, 0.3) is 0 Å². The lowest BCUT2D eigenvalue weighted by atomic mass is 9.78. The fourth-order valence-electron chi connectivity index (χ4n) is 1.80. The van der Waals surface area contributed by atoms with Gasteiger partial charge in [-0.15, -0.1) is 0 Å². The molecule has 1 fully saturated rings. The van der Waals surface area contributed by atoms with E-state index in [1.807, 2.05) is 0 Å². The maximum Gasteiger partial charge on any atom is 0.254 e. The molecule has 16 heavy (non-hydrogen) atoms. The minimum absolute atomic E-state index is 0.0745. The molecule has 0 radical (unpaired) electrons. The van der Waals surface area contributed by atoms with E-state index >= 15 is 0 Å². The van der Waals surface area contributed by atoms with E-state index in [-0.39, 0.29) is 11.1 Å². The first-order valence-electron chi connectivity index (χ1n) is 5.42. The van der Waals surface area contributed by atoms with Crippen LogP contribution in [0.15, 0.2) is 24.3 Å². The molecule has 0 aromatic heterocycles. The zero-order valence-electron chi connectivity index (χ0n) is 9.00. The minimum Gasteiger partial charge on any atom is -0.350 e. The summed E-state index contributed by atoms with van der Waals surface area (Å²) in [7, 11) is 0. The van der Waals surface area contributed by atoms with Crippen LogP contribution in [-0.4, -0.2) is 18.0 Å². The second-order valence-corrected chi connectivity index (χ2v) is 4.38. The molecule has 0 spiro atoms. The Bertz CT molecular complexity index is 402. The molecule has 4 heteroatoms. The van der Waals surface area contributed by atoms with Crippen molar-refractivity contribution in [1.82, 2.24) is 5.32 Å². The minimum atomic E-state index is -0.500. The largest absolute Gasteiger partial charge is 0.350 e. The number of halogens is 1. The van der Waals surface area contributed by atoms with Gasteiger partial charge in [-0.3, -0.25) is 4.79 Å². The van der Waals surface area contributed by atoms with Crippen molar-refractivity contribution in [3.8, 4) is 0 Å². The van der Waals surface area contributed by atoms with Crippen LogP contribution in [0, 0.1) is 5.82 Å². The third-order valence-electron chi connectivity index (χ3n) is 3.07. The predicted molar refractivity (Wildman–Crippen MR) is 59.5 cm³/mol. The molecule has 1 aromatic rings. The van der Waals surface area contributed by atoms with Crippen LogP contribution in [0.2, 0.25) is 0 Å². The van der Waals surface area contributed by atoms with E-state index in [1.54, 1.807) is 12.1 Å². The van der Waals surface area contributed by atoms with Crippen molar-refractivity contribution in [2.24, 2.45) is 5.73 Å². The van der Waals surface area contributed by atoms with Gasteiger partial charge in [0.05, 0.1) is 5.56 Å². The Morgan fingerprint density at radius 3 is 2.69 bits per heavy atom. The van der Waals surface area contributed by atoms with Gasteiger partial charge >= 0.3 is 0 Å². The summed E-state index contributed by atoms with van der Waals surface area (Å²) in [5.74, 6) is -0.894. The number of hydrogen-bond donors (Lipinski definition) is 2. The van der Waals surface area contributed by atoms with Crippen LogP contribution in [-0.2, 0) is 0 Å². The van der Waals surface area contributed by atoms with Crippen molar-refractivity contribution in [3.63, 3.8) is 0 Å². The Morgan fingerprint density at radius 2 is 2.12 bits per heavy atom. The maximum atomic E-state index is 13.3. The highest BCUT2D eigenvalue weighted by molar-refractivity contribution is 5.94. The zero-order chi connectivity index (χ0) is 11.6. The number of carbonyl (C=O) groups excluding carboxylic acids is 1. The molecule has 86 valence electrons. The van der Waals surface area contributed by atoms with E-state index in [0.29, 0.717) is 6.54 Å². The van der Waals surface area contributed by atoms with E-state index in [4.69, 9.17) is 5.73 Å². The van der Waals surface area contributed by atoms with Crippen LogP contribution in [0.1, 0.15) is 29.6 Å². The van der Waals surface area contributed by atoms with Gasteiger partial charge in [-0.05, 0) is 31.4 Å². The quantitative estimate of drug-likeness (QED) is 0.813. The molecule has 0 aliphatic heterocycles. The van der Waals surface area contributed by atoms with E-state index in [9.17, 15) is 9.18 Å². The summed E-state index contributed by atoms with van der Waals surface area (Å²) < 4.78 is 13.3.